The summed E-state index contributed by atoms with van der Waals surface area (Å²) in [6, 6.07) is 7.38. The molecule has 4 aromatic rings. The quantitative estimate of drug-likeness (QED) is 0.257. The Morgan fingerprint density at radius 1 is 1.30 bits per heavy atom. The third-order valence-electron chi connectivity index (χ3n) is 3.61. The predicted octanol–water partition coefficient (Wildman–Crippen LogP) is -1.09. The first-order valence-electron chi connectivity index (χ1n) is 7.11. The molecular formula is C15H8ClN4NaO5S. The summed E-state index contributed by atoms with van der Waals surface area (Å²) in [5, 5.41) is 4.38. The van der Waals surface area contributed by atoms with Gasteiger partial charge >= 0.3 is 29.6 Å². The molecule has 0 saturated heterocycles. The number of furan rings is 1. The summed E-state index contributed by atoms with van der Waals surface area (Å²) < 4.78 is 38.4. The fraction of sp³-hybridized carbons (Fsp3) is 0. The molecule has 0 atom stereocenters. The summed E-state index contributed by atoms with van der Waals surface area (Å²) >= 11 is 5.97. The standard InChI is InChI=1S/C15H9ClN4O5S.Na/c16-8-1-3-11-10(5-8)13-14(19-11)15(21)20(7-17-13)18-6-9-2-4-12(25-9)26(22,23)24;/h1-7,19H,(H,22,23,24);/q;+1/p-1/b18-6+;. The molecule has 0 saturated carbocycles. The van der Waals surface area contributed by atoms with Crippen LogP contribution in [0.5, 0.6) is 0 Å². The zero-order valence-electron chi connectivity index (χ0n) is 13.7. The number of hydrogen-bond acceptors (Lipinski definition) is 7. The van der Waals surface area contributed by atoms with Crippen LogP contribution in [0.25, 0.3) is 21.9 Å². The third-order valence-corrected chi connectivity index (χ3v) is 4.56. The Morgan fingerprint density at radius 2 is 2.07 bits per heavy atom. The second kappa shape index (κ2) is 7.23. The first-order chi connectivity index (χ1) is 12.3. The maximum atomic E-state index is 12.5. The number of nitrogens with one attached hydrogen (secondary N) is 1. The smallest absolute Gasteiger partial charge is 0.742 e. The maximum absolute atomic E-state index is 12.5. The Balaban J connectivity index is 0.00000210. The Bertz CT molecular complexity index is 1360. The molecule has 3 heterocycles. The van der Waals surface area contributed by atoms with Gasteiger partial charge in [0.2, 0.25) is 5.09 Å². The van der Waals surface area contributed by atoms with Crippen molar-refractivity contribution in [2.45, 2.75) is 5.09 Å². The van der Waals surface area contributed by atoms with Crippen molar-refractivity contribution < 1.29 is 46.9 Å². The molecular weight excluding hydrogens is 407 g/mol. The molecule has 0 unspecified atom stereocenters. The van der Waals surface area contributed by atoms with Crippen LogP contribution in [0.4, 0.5) is 0 Å². The summed E-state index contributed by atoms with van der Waals surface area (Å²) in [4.78, 5) is 19.7. The van der Waals surface area contributed by atoms with Crippen molar-refractivity contribution in [1.82, 2.24) is 14.6 Å². The van der Waals surface area contributed by atoms with Gasteiger partial charge in [0.05, 0.1) is 6.21 Å². The number of hydrogen-bond donors (Lipinski definition) is 1. The minimum atomic E-state index is -4.70. The average Bonchev–Trinajstić information content (AvgIpc) is 3.19. The molecule has 9 nitrogen and oxygen atoms in total. The Hall–Kier alpha value is -1.95. The molecule has 1 aromatic carbocycles. The summed E-state index contributed by atoms with van der Waals surface area (Å²) in [7, 11) is -4.70. The number of nitrogens with zero attached hydrogens (tertiary/aromatic N) is 3. The van der Waals surface area contributed by atoms with Gasteiger partial charge in [-0.15, -0.1) is 0 Å². The summed E-state index contributed by atoms with van der Waals surface area (Å²) in [6.45, 7) is 0. The van der Waals surface area contributed by atoms with Crippen LogP contribution in [0.1, 0.15) is 5.76 Å². The van der Waals surface area contributed by atoms with E-state index in [-0.39, 0.29) is 40.8 Å². The average molecular weight is 415 g/mol. The predicted molar refractivity (Wildman–Crippen MR) is 92.5 cm³/mol. The van der Waals surface area contributed by atoms with Crippen LogP contribution in [0, 0.1) is 0 Å². The zero-order valence-corrected chi connectivity index (χ0v) is 17.3. The van der Waals surface area contributed by atoms with Crippen molar-refractivity contribution in [1.29, 1.82) is 0 Å². The Labute approximate surface area is 178 Å². The largest absolute Gasteiger partial charge is 1.00 e. The van der Waals surface area contributed by atoms with Gasteiger partial charge < -0.3 is 14.0 Å². The van der Waals surface area contributed by atoms with Crippen LogP contribution in [-0.4, -0.2) is 33.8 Å². The SMILES string of the molecule is O=c1c2[nH]c3ccc(Cl)cc3c2ncn1/N=C/c1ccc(S(=O)(=O)[O-])o1.[Na+]. The van der Waals surface area contributed by atoms with Gasteiger partial charge in [-0.3, -0.25) is 4.79 Å². The maximum Gasteiger partial charge on any atom is 1.00 e. The van der Waals surface area contributed by atoms with Crippen molar-refractivity contribution in [2.75, 3.05) is 0 Å². The van der Waals surface area contributed by atoms with Crippen LogP contribution < -0.4 is 35.1 Å². The second-order valence-corrected chi connectivity index (χ2v) is 7.04. The van der Waals surface area contributed by atoms with Gasteiger partial charge in [-0.2, -0.15) is 9.78 Å². The molecule has 1 N–H and O–H groups in total. The number of halogens is 1. The molecule has 0 spiro atoms. The number of rotatable bonds is 3. The number of aromatic nitrogens is 3. The van der Waals surface area contributed by atoms with Crippen LogP contribution in [0.3, 0.4) is 0 Å². The van der Waals surface area contributed by atoms with E-state index in [2.05, 4.69) is 15.1 Å². The van der Waals surface area contributed by atoms with Gasteiger partial charge in [0.1, 0.15) is 23.1 Å². The van der Waals surface area contributed by atoms with E-state index in [4.69, 9.17) is 16.0 Å². The first-order valence-corrected chi connectivity index (χ1v) is 8.90. The molecule has 0 bridgehead atoms. The summed E-state index contributed by atoms with van der Waals surface area (Å²) in [5.74, 6) is -0.00477. The molecule has 0 aliphatic carbocycles. The fourth-order valence-corrected chi connectivity index (χ4v) is 3.06. The van der Waals surface area contributed by atoms with Gasteiger partial charge in [0, 0.05) is 15.9 Å². The van der Waals surface area contributed by atoms with Crippen molar-refractivity contribution >= 4 is 49.9 Å². The molecule has 132 valence electrons. The molecule has 0 amide bonds. The van der Waals surface area contributed by atoms with Crippen LogP contribution in [-0.2, 0) is 10.1 Å². The second-order valence-electron chi connectivity index (χ2n) is 5.29. The molecule has 12 heteroatoms. The Kier molecular flexibility index (Phi) is 5.30. The topological polar surface area (TPSA) is 133 Å². The minimum absolute atomic E-state index is 0. The fourth-order valence-electron chi connectivity index (χ4n) is 2.46. The summed E-state index contributed by atoms with van der Waals surface area (Å²) in [5.41, 5.74) is 0.926. The van der Waals surface area contributed by atoms with E-state index in [1.165, 1.54) is 12.4 Å². The van der Waals surface area contributed by atoms with Crippen molar-refractivity contribution in [2.24, 2.45) is 5.10 Å². The van der Waals surface area contributed by atoms with Gasteiger partial charge in [0.15, 0.2) is 10.1 Å². The van der Waals surface area contributed by atoms with E-state index >= 15 is 0 Å². The first kappa shape index (κ1) is 19.8. The minimum Gasteiger partial charge on any atom is -0.742 e. The number of benzene rings is 1. The molecule has 4 rings (SSSR count). The normalized spacial score (nSPS) is 12.1. The van der Waals surface area contributed by atoms with Gasteiger partial charge in [-0.05, 0) is 30.3 Å². The molecule has 0 fully saturated rings. The van der Waals surface area contributed by atoms with E-state index in [0.29, 0.717) is 21.4 Å². The molecule has 3 aromatic heterocycles. The number of aromatic amines is 1. The van der Waals surface area contributed by atoms with E-state index in [9.17, 15) is 17.8 Å². The van der Waals surface area contributed by atoms with E-state index in [0.717, 1.165) is 17.0 Å². The van der Waals surface area contributed by atoms with Gasteiger partial charge in [0.25, 0.3) is 5.56 Å². The monoisotopic (exact) mass is 414 g/mol. The van der Waals surface area contributed by atoms with Crippen molar-refractivity contribution in [3.8, 4) is 0 Å². The van der Waals surface area contributed by atoms with E-state index < -0.39 is 20.8 Å². The van der Waals surface area contributed by atoms with Crippen LogP contribution >= 0.6 is 11.6 Å². The number of fused-ring (bicyclic) bond motifs is 3. The van der Waals surface area contributed by atoms with E-state index in [1.54, 1.807) is 18.2 Å². The molecule has 0 aliphatic rings. The van der Waals surface area contributed by atoms with Crippen molar-refractivity contribution in [3.63, 3.8) is 0 Å². The summed E-state index contributed by atoms with van der Waals surface area (Å²) in [6.07, 6.45) is 2.31. The molecule has 0 aliphatic heterocycles. The Morgan fingerprint density at radius 3 is 2.78 bits per heavy atom. The van der Waals surface area contributed by atoms with Gasteiger partial charge in [-0.1, -0.05) is 11.6 Å². The molecule has 0 radical (unpaired) electrons. The van der Waals surface area contributed by atoms with Crippen LogP contribution in [0.2, 0.25) is 5.02 Å². The van der Waals surface area contributed by atoms with Crippen LogP contribution in [0.15, 0.2) is 56.1 Å². The van der Waals surface area contributed by atoms with Gasteiger partial charge in [-0.25, -0.2) is 13.4 Å². The van der Waals surface area contributed by atoms with Crippen molar-refractivity contribution in [3.05, 3.63) is 57.8 Å². The molecule has 27 heavy (non-hydrogen) atoms. The zero-order chi connectivity index (χ0) is 18.5. The number of H-pyrrole nitrogens is 1. The third kappa shape index (κ3) is 3.72. The van der Waals surface area contributed by atoms with E-state index in [1.807, 2.05) is 0 Å².